The van der Waals surface area contributed by atoms with Crippen molar-refractivity contribution in [3.63, 3.8) is 0 Å². The second kappa shape index (κ2) is 6.10. The van der Waals surface area contributed by atoms with E-state index in [1.165, 1.54) is 0 Å². The minimum Gasteiger partial charge on any atom is -0.496 e. The topological polar surface area (TPSA) is 50.7 Å². The van der Waals surface area contributed by atoms with Crippen LogP contribution in [0.25, 0.3) is 0 Å². The van der Waals surface area contributed by atoms with Gasteiger partial charge in [-0.15, -0.1) is 0 Å². The third-order valence-corrected chi connectivity index (χ3v) is 2.89. The minimum atomic E-state index is -0.669. The van der Waals surface area contributed by atoms with Crippen LogP contribution in [0.15, 0.2) is 6.07 Å². The molecule has 4 nitrogen and oxygen atoms in total. The van der Waals surface area contributed by atoms with Crippen LogP contribution in [0.3, 0.4) is 0 Å². The molecule has 1 unspecified atom stereocenters. The first-order chi connectivity index (χ1) is 8.06. The second-order valence-corrected chi connectivity index (χ2v) is 4.12. The van der Waals surface area contributed by atoms with E-state index in [1.54, 1.807) is 27.3 Å². The molecule has 1 aromatic carbocycles. The van der Waals surface area contributed by atoms with E-state index in [-0.39, 0.29) is 0 Å². The summed E-state index contributed by atoms with van der Waals surface area (Å²) in [6.07, 6.45) is -0.669. The number of benzene rings is 1. The van der Waals surface area contributed by atoms with Crippen LogP contribution in [-0.2, 0) is 0 Å². The molecule has 1 atom stereocenters. The Balaban J connectivity index is 3.31. The van der Waals surface area contributed by atoms with Gasteiger partial charge in [0, 0.05) is 17.7 Å². The molecule has 0 amide bonds. The summed E-state index contributed by atoms with van der Waals surface area (Å²) in [5.74, 6) is 1.18. The Labute approximate surface area is 106 Å². The molecule has 0 bridgehead atoms. The van der Waals surface area contributed by atoms with Gasteiger partial charge in [-0.1, -0.05) is 11.6 Å². The molecule has 0 aromatic heterocycles. The minimum absolute atomic E-state index is 0.429. The zero-order valence-electron chi connectivity index (χ0n) is 10.5. The summed E-state index contributed by atoms with van der Waals surface area (Å²) >= 11 is 6.10. The zero-order valence-corrected chi connectivity index (χ0v) is 11.3. The smallest absolute Gasteiger partial charge is 0.144 e. The Morgan fingerprint density at radius 1 is 1.35 bits per heavy atom. The van der Waals surface area contributed by atoms with Crippen LogP contribution < -0.4 is 14.8 Å². The van der Waals surface area contributed by atoms with E-state index >= 15 is 0 Å². The summed E-state index contributed by atoms with van der Waals surface area (Å²) in [5.41, 5.74) is 1.44. The van der Waals surface area contributed by atoms with Crippen LogP contribution in [0.1, 0.15) is 17.2 Å². The Morgan fingerprint density at radius 2 is 1.94 bits per heavy atom. The number of hydrogen-bond acceptors (Lipinski definition) is 4. The average Bonchev–Trinajstić information content (AvgIpc) is 2.29. The number of hydrogen-bond donors (Lipinski definition) is 2. The highest BCUT2D eigenvalue weighted by Gasteiger charge is 2.20. The van der Waals surface area contributed by atoms with E-state index in [9.17, 15) is 5.11 Å². The van der Waals surface area contributed by atoms with Gasteiger partial charge in [-0.3, -0.25) is 0 Å². The van der Waals surface area contributed by atoms with Crippen molar-refractivity contribution in [3.05, 3.63) is 22.2 Å². The molecule has 0 aliphatic heterocycles. The van der Waals surface area contributed by atoms with Crippen LogP contribution in [0, 0.1) is 6.92 Å². The first-order valence-electron chi connectivity index (χ1n) is 5.30. The van der Waals surface area contributed by atoms with Gasteiger partial charge in [0.25, 0.3) is 0 Å². The molecule has 0 aliphatic carbocycles. The van der Waals surface area contributed by atoms with Crippen molar-refractivity contribution in [2.75, 3.05) is 27.8 Å². The molecule has 0 spiro atoms. The molecule has 5 heteroatoms. The molecule has 96 valence electrons. The molecule has 0 saturated heterocycles. The standard InChI is InChI=1S/C12H18ClNO3/c1-7-11(16-3)8(10(15)6-14-2)5-9(13)12(7)17-4/h5,10,14-15H,6H2,1-4H3. The predicted octanol–water partition coefficient (Wildman–Crippen LogP) is 1.92. The molecule has 17 heavy (non-hydrogen) atoms. The summed E-state index contributed by atoms with van der Waals surface area (Å²) in [6, 6.07) is 1.67. The van der Waals surface area contributed by atoms with Gasteiger partial charge in [0.2, 0.25) is 0 Å². The number of methoxy groups -OCH3 is 2. The Bertz CT molecular complexity index is 396. The summed E-state index contributed by atoms with van der Waals surface area (Å²) in [4.78, 5) is 0. The fourth-order valence-corrected chi connectivity index (χ4v) is 2.18. The molecular formula is C12H18ClNO3. The van der Waals surface area contributed by atoms with Crippen molar-refractivity contribution in [2.45, 2.75) is 13.0 Å². The van der Waals surface area contributed by atoms with Gasteiger partial charge in [0.1, 0.15) is 11.5 Å². The maximum Gasteiger partial charge on any atom is 0.144 e. The quantitative estimate of drug-likeness (QED) is 0.848. The molecule has 0 heterocycles. The van der Waals surface area contributed by atoms with E-state index in [0.29, 0.717) is 28.6 Å². The lowest BCUT2D eigenvalue weighted by molar-refractivity contribution is 0.173. The summed E-state index contributed by atoms with van der Waals surface area (Å²) in [5, 5.41) is 13.4. The average molecular weight is 260 g/mol. The van der Waals surface area contributed by atoms with Crippen LogP contribution in [0.2, 0.25) is 5.02 Å². The van der Waals surface area contributed by atoms with Crippen molar-refractivity contribution in [1.82, 2.24) is 5.32 Å². The fourth-order valence-electron chi connectivity index (χ4n) is 1.84. The van der Waals surface area contributed by atoms with Gasteiger partial charge in [-0.05, 0) is 20.0 Å². The second-order valence-electron chi connectivity index (χ2n) is 3.71. The number of aliphatic hydroxyl groups is 1. The van der Waals surface area contributed by atoms with Gasteiger partial charge < -0.3 is 19.9 Å². The number of halogens is 1. The fraction of sp³-hybridized carbons (Fsp3) is 0.500. The van der Waals surface area contributed by atoms with E-state index < -0.39 is 6.10 Å². The SMILES string of the molecule is CNCC(O)c1cc(Cl)c(OC)c(C)c1OC. The molecule has 1 aromatic rings. The summed E-state index contributed by atoms with van der Waals surface area (Å²) < 4.78 is 10.5. The number of ether oxygens (including phenoxy) is 2. The van der Waals surface area contributed by atoms with Crippen molar-refractivity contribution >= 4 is 11.6 Å². The highest BCUT2D eigenvalue weighted by atomic mass is 35.5. The van der Waals surface area contributed by atoms with Gasteiger partial charge in [-0.2, -0.15) is 0 Å². The van der Waals surface area contributed by atoms with Gasteiger partial charge in [0.05, 0.1) is 25.3 Å². The lowest BCUT2D eigenvalue weighted by Crippen LogP contribution is -2.17. The highest BCUT2D eigenvalue weighted by molar-refractivity contribution is 6.32. The van der Waals surface area contributed by atoms with E-state index in [4.69, 9.17) is 21.1 Å². The Hall–Kier alpha value is -0.970. The molecule has 2 N–H and O–H groups in total. The number of aliphatic hydroxyl groups excluding tert-OH is 1. The third kappa shape index (κ3) is 2.83. The first kappa shape index (κ1) is 14.1. The van der Waals surface area contributed by atoms with E-state index in [2.05, 4.69) is 5.32 Å². The lowest BCUT2D eigenvalue weighted by Gasteiger charge is -2.19. The number of nitrogens with one attached hydrogen (secondary N) is 1. The third-order valence-electron chi connectivity index (χ3n) is 2.61. The van der Waals surface area contributed by atoms with Crippen molar-refractivity contribution in [1.29, 1.82) is 0 Å². The monoisotopic (exact) mass is 259 g/mol. The lowest BCUT2D eigenvalue weighted by atomic mass is 10.0. The molecule has 1 rings (SSSR count). The first-order valence-corrected chi connectivity index (χ1v) is 5.68. The molecule has 0 aliphatic rings. The largest absolute Gasteiger partial charge is 0.496 e. The zero-order chi connectivity index (χ0) is 13.0. The van der Waals surface area contributed by atoms with Crippen LogP contribution >= 0.6 is 11.6 Å². The van der Waals surface area contributed by atoms with Gasteiger partial charge in [0.15, 0.2) is 0 Å². The predicted molar refractivity (Wildman–Crippen MR) is 68.2 cm³/mol. The number of likely N-dealkylation sites (N-methyl/N-ethyl adjacent to an activating group) is 1. The number of rotatable bonds is 5. The molecular weight excluding hydrogens is 242 g/mol. The Morgan fingerprint density at radius 3 is 2.41 bits per heavy atom. The maximum atomic E-state index is 10.0. The molecule has 0 radical (unpaired) electrons. The summed E-state index contributed by atoms with van der Waals surface area (Å²) in [6.45, 7) is 2.28. The summed E-state index contributed by atoms with van der Waals surface area (Å²) in [7, 11) is 4.89. The Kier molecular flexibility index (Phi) is 5.05. The molecule has 0 saturated carbocycles. The van der Waals surface area contributed by atoms with Crippen LogP contribution in [-0.4, -0.2) is 32.9 Å². The van der Waals surface area contributed by atoms with Gasteiger partial charge >= 0.3 is 0 Å². The normalized spacial score (nSPS) is 12.4. The van der Waals surface area contributed by atoms with Crippen molar-refractivity contribution in [3.8, 4) is 11.5 Å². The van der Waals surface area contributed by atoms with Crippen LogP contribution in [0.5, 0.6) is 11.5 Å². The van der Waals surface area contributed by atoms with Gasteiger partial charge in [-0.25, -0.2) is 0 Å². The van der Waals surface area contributed by atoms with Crippen molar-refractivity contribution < 1.29 is 14.6 Å². The highest BCUT2D eigenvalue weighted by Crippen LogP contribution is 2.40. The van der Waals surface area contributed by atoms with E-state index in [0.717, 1.165) is 5.56 Å². The van der Waals surface area contributed by atoms with Crippen LogP contribution in [0.4, 0.5) is 0 Å². The van der Waals surface area contributed by atoms with Crippen molar-refractivity contribution in [2.24, 2.45) is 0 Å². The van der Waals surface area contributed by atoms with E-state index in [1.807, 2.05) is 6.92 Å². The maximum absolute atomic E-state index is 10.0. The molecule has 0 fully saturated rings.